The topological polar surface area (TPSA) is 70.3 Å². The number of nitrogens with two attached hydrogens (primary N) is 1. The van der Waals surface area contributed by atoms with Crippen LogP contribution in [0, 0.1) is 0 Å². The number of hydrogen-bond donors (Lipinski definition) is 2. The van der Waals surface area contributed by atoms with Gasteiger partial charge in [-0.15, -0.1) is 0 Å². The van der Waals surface area contributed by atoms with Crippen molar-refractivity contribution < 1.29 is 0 Å². The SMILES string of the molecule is CCNc1cc(N2CCCN(C)CC2CC)nc(N)n1. The first kappa shape index (κ1) is 14.8. The molecule has 20 heavy (non-hydrogen) atoms. The molecule has 6 heteroatoms. The predicted octanol–water partition coefficient (Wildman–Crippen LogP) is 1.41. The van der Waals surface area contributed by atoms with Crippen LogP contribution in [0.25, 0.3) is 0 Å². The van der Waals surface area contributed by atoms with Crippen LogP contribution in [0.15, 0.2) is 6.07 Å². The van der Waals surface area contributed by atoms with E-state index in [0.29, 0.717) is 12.0 Å². The van der Waals surface area contributed by atoms with Crippen LogP contribution >= 0.6 is 0 Å². The fourth-order valence-electron chi connectivity index (χ4n) is 2.77. The molecule has 0 radical (unpaired) electrons. The molecule has 1 aromatic heterocycles. The molecule has 112 valence electrons. The smallest absolute Gasteiger partial charge is 0.223 e. The summed E-state index contributed by atoms with van der Waals surface area (Å²) in [4.78, 5) is 13.4. The first-order valence-electron chi connectivity index (χ1n) is 7.47. The van der Waals surface area contributed by atoms with E-state index in [9.17, 15) is 0 Å². The van der Waals surface area contributed by atoms with E-state index in [1.807, 2.05) is 13.0 Å². The Hall–Kier alpha value is -1.56. The van der Waals surface area contributed by atoms with Crippen LogP contribution in [-0.4, -0.2) is 54.1 Å². The van der Waals surface area contributed by atoms with Crippen molar-refractivity contribution >= 4 is 17.6 Å². The minimum absolute atomic E-state index is 0.339. The zero-order valence-electron chi connectivity index (χ0n) is 12.8. The maximum atomic E-state index is 5.85. The zero-order chi connectivity index (χ0) is 14.5. The van der Waals surface area contributed by atoms with Gasteiger partial charge in [0.2, 0.25) is 5.95 Å². The molecular formula is C14H26N6. The van der Waals surface area contributed by atoms with Crippen molar-refractivity contribution in [3.63, 3.8) is 0 Å². The fraction of sp³-hybridized carbons (Fsp3) is 0.714. The van der Waals surface area contributed by atoms with Gasteiger partial charge in [0.05, 0.1) is 0 Å². The molecule has 0 amide bonds. The molecule has 0 saturated carbocycles. The van der Waals surface area contributed by atoms with Crippen LogP contribution in [0.3, 0.4) is 0 Å². The lowest BCUT2D eigenvalue weighted by Gasteiger charge is -2.31. The Labute approximate surface area is 121 Å². The van der Waals surface area contributed by atoms with Gasteiger partial charge < -0.3 is 20.9 Å². The molecular weight excluding hydrogens is 252 g/mol. The molecule has 1 atom stereocenters. The second kappa shape index (κ2) is 6.74. The van der Waals surface area contributed by atoms with Crippen molar-refractivity contribution in [1.29, 1.82) is 0 Å². The minimum Gasteiger partial charge on any atom is -0.370 e. The second-order valence-corrected chi connectivity index (χ2v) is 5.37. The molecule has 1 unspecified atom stereocenters. The molecule has 1 aromatic rings. The standard InChI is InChI=1S/C14H26N6/c1-4-11-10-19(3)7-6-8-20(11)13-9-12(16-5-2)17-14(15)18-13/h9,11H,4-8,10H2,1-3H3,(H3,15,16,17,18). The van der Waals surface area contributed by atoms with E-state index >= 15 is 0 Å². The summed E-state index contributed by atoms with van der Waals surface area (Å²) in [7, 11) is 2.19. The van der Waals surface area contributed by atoms with Crippen LogP contribution in [0.1, 0.15) is 26.7 Å². The molecule has 2 heterocycles. The van der Waals surface area contributed by atoms with Crippen LogP contribution < -0.4 is 16.0 Å². The van der Waals surface area contributed by atoms with Gasteiger partial charge in [0.15, 0.2) is 0 Å². The van der Waals surface area contributed by atoms with E-state index in [0.717, 1.165) is 50.7 Å². The number of likely N-dealkylation sites (N-methyl/N-ethyl adjacent to an activating group) is 1. The van der Waals surface area contributed by atoms with E-state index in [2.05, 4.69) is 39.1 Å². The van der Waals surface area contributed by atoms with Gasteiger partial charge in [0, 0.05) is 31.7 Å². The number of aromatic nitrogens is 2. The lowest BCUT2D eigenvalue weighted by atomic mass is 10.2. The second-order valence-electron chi connectivity index (χ2n) is 5.37. The van der Waals surface area contributed by atoms with E-state index in [1.165, 1.54) is 0 Å². The van der Waals surface area contributed by atoms with E-state index < -0.39 is 0 Å². The third-order valence-electron chi connectivity index (χ3n) is 3.76. The minimum atomic E-state index is 0.339. The largest absolute Gasteiger partial charge is 0.370 e. The number of rotatable bonds is 4. The van der Waals surface area contributed by atoms with Gasteiger partial charge in [-0.25, -0.2) is 0 Å². The zero-order valence-corrected chi connectivity index (χ0v) is 12.8. The van der Waals surface area contributed by atoms with Gasteiger partial charge in [0.25, 0.3) is 0 Å². The van der Waals surface area contributed by atoms with Crippen molar-refractivity contribution in [2.45, 2.75) is 32.7 Å². The number of nitrogen functional groups attached to an aromatic ring is 1. The summed E-state index contributed by atoms with van der Waals surface area (Å²) in [5, 5.41) is 3.22. The molecule has 1 aliphatic rings. The molecule has 2 rings (SSSR count). The number of nitrogens with one attached hydrogen (secondary N) is 1. The molecule has 0 spiro atoms. The molecule has 1 saturated heterocycles. The van der Waals surface area contributed by atoms with Gasteiger partial charge >= 0.3 is 0 Å². The van der Waals surface area contributed by atoms with Gasteiger partial charge in [0.1, 0.15) is 11.6 Å². The summed E-state index contributed by atoms with van der Waals surface area (Å²) in [6.07, 6.45) is 2.25. The molecule has 6 nitrogen and oxygen atoms in total. The highest BCUT2D eigenvalue weighted by Gasteiger charge is 2.23. The van der Waals surface area contributed by atoms with Crippen LogP contribution in [0.5, 0.6) is 0 Å². The average molecular weight is 278 g/mol. The molecule has 0 aromatic carbocycles. The Kier molecular flexibility index (Phi) is 5.00. The molecule has 3 N–H and O–H groups in total. The number of nitrogens with zero attached hydrogens (tertiary/aromatic N) is 4. The average Bonchev–Trinajstić information content (AvgIpc) is 2.59. The van der Waals surface area contributed by atoms with Crippen LogP contribution in [0.4, 0.5) is 17.6 Å². The van der Waals surface area contributed by atoms with Crippen molar-refractivity contribution in [2.75, 3.05) is 49.2 Å². The summed E-state index contributed by atoms with van der Waals surface area (Å²) < 4.78 is 0. The summed E-state index contributed by atoms with van der Waals surface area (Å²) in [5.41, 5.74) is 5.85. The molecule has 1 aliphatic heterocycles. The highest BCUT2D eigenvalue weighted by atomic mass is 15.3. The van der Waals surface area contributed by atoms with Crippen molar-refractivity contribution in [2.24, 2.45) is 0 Å². The summed E-state index contributed by atoms with van der Waals surface area (Å²) in [6, 6.07) is 2.49. The summed E-state index contributed by atoms with van der Waals surface area (Å²) in [5.74, 6) is 2.09. The van der Waals surface area contributed by atoms with Gasteiger partial charge in [-0.05, 0) is 33.4 Å². The Balaban J connectivity index is 2.27. The first-order chi connectivity index (χ1) is 9.63. The number of hydrogen-bond acceptors (Lipinski definition) is 6. The molecule has 0 aliphatic carbocycles. The summed E-state index contributed by atoms with van der Waals surface area (Å²) >= 11 is 0. The summed E-state index contributed by atoms with van der Waals surface area (Å²) in [6.45, 7) is 8.32. The van der Waals surface area contributed by atoms with Crippen molar-refractivity contribution in [3.05, 3.63) is 6.07 Å². The Morgan fingerprint density at radius 1 is 1.35 bits per heavy atom. The maximum Gasteiger partial charge on any atom is 0.223 e. The Morgan fingerprint density at radius 3 is 2.85 bits per heavy atom. The Bertz CT molecular complexity index is 436. The molecule has 1 fully saturated rings. The third kappa shape index (κ3) is 3.50. The number of anilines is 3. The first-order valence-corrected chi connectivity index (χ1v) is 7.47. The quantitative estimate of drug-likeness (QED) is 0.868. The van der Waals surface area contributed by atoms with Crippen molar-refractivity contribution in [1.82, 2.24) is 14.9 Å². The van der Waals surface area contributed by atoms with Crippen molar-refractivity contribution in [3.8, 4) is 0 Å². The van der Waals surface area contributed by atoms with Gasteiger partial charge in [-0.1, -0.05) is 6.92 Å². The van der Waals surface area contributed by atoms with E-state index in [1.54, 1.807) is 0 Å². The lowest BCUT2D eigenvalue weighted by Crippen LogP contribution is -2.40. The monoisotopic (exact) mass is 278 g/mol. The van der Waals surface area contributed by atoms with Crippen LogP contribution in [-0.2, 0) is 0 Å². The third-order valence-corrected chi connectivity index (χ3v) is 3.76. The lowest BCUT2D eigenvalue weighted by molar-refractivity contribution is 0.327. The van der Waals surface area contributed by atoms with E-state index in [4.69, 9.17) is 5.73 Å². The predicted molar refractivity (Wildman–Crippen MR) is 84.1 cm³/mol. The highest BCUT2D eigenvalue weighted by Crippen LogP contribution is 2.23. The Morgan fingerprint density at radius 2 is 2.15 bits per heavy atom. The van der Waals surface area contributed by atoms with Gasteiger partial charge in [-0.2, -0.15) is 9.97 Å². The highest BCUT2D eigenvalue weighted by molar-refractivity contribution is 5.53. The maximum absolute atomic E-state index is 5.85. The van der Waals surface area contributed by atoms with Gasteiger partial charge in [-0.3, -0.25) is 0 Å². The van der Waals surface area contributed by atoms with E-state index in [-0.39, 0.29) is 0 Å². The molecule has 0 bridgehead atoms. The fourth-order valence-corrected chi connectivity index (χ4v) is 2.77. The van der Waals surface area contributed by atoms with Crippen LogP contribution in [0.2, 0.25) is 0 Å². The normalized spacial score (nSPS) is 20.8.